The molecular formula is C26H35N7O2. The number of aliphatic hydroxyl groups is 1. The Morgan fingerprint density at radius 1 is 1.20 bits per heavy atom. The standard InChI is InChI=1S/C26H35N7O2/c1-20(35)33-12-11-32(10-9-28-26-27-8-7-25(30-26)31(2)13-14-34)18-22(19-33)15-21-16-23-5-3-4-6-24(23)29-17-21/h3-8,16-17,22,34H,9-15,18-19H2,1-2H3,(H,27,28,30). The second-order valence-corrected chi connectivity index (χ2v) is 9.18. The van der Waals surface area contributed by atoms with E-state index in [-0.39, 0.29) is 12.5 Å². The van der Waals surface area contributed by atoms with Gasteiger partial charge < -0.3 is 20.2 Å². The van der Waals surface area contributed by atoms with Gasteiger partial charge in [0.2, 0.25) is 11.9 Å². The highest BCUT2D eigenvalue weighted by molar-refractivity contribution is 5.78. The van der Waals surface area contributed by atoms with Crippen LogP contribution in [-0.2, 0) is 11.2 Å². The molecule has 1 aromatic carbocycles. The molecule has 186 valence electrons. The summed E-state index contributed by atoms with van der Waals surface area (Å²) in [7, 11) is 1.89. The Balaban J connectivity index is 1.37. The van der Waals surface area contributed by atoms with E-state index in [1.54, 1.807) is 13.1 Å². The van der Waals surface area contributed by atoms with Crippen LogP contribution < -0.4 is 10.2 Å². The number of pyridine rings is 1. The zero-order chi connectivity index (χ0) is 24.6. The normalized spacial score (nSPS) is 16.8. The Hall–Kier alpha value is -3.30. The number of carbonyl (C=O) groups excluding carboxylic acids is 1. The summed E-state index contributed by atoms with van der Waals surface area (Å²) in [5.41, 5.74) is 2.21. The molecule has 1 saturated heterocycles. The van der Waals surface area contributed by atoms with Crippen molar-refractivity contribution in [1.29, 1.82) is 0 Å². The number of rotatable bonds is 9. The van der Waals surface area contributed by atoms with Crippen molar-refractivity contribution in [1.82, 2.24) is 24.8 Å². The number of hydrogen-bond acceptors (Lipinski definition) is 8. The van der Waals surface area contributed by atoms with Crippen LogP contribution in [-0.4, -0.2) is 95.2 Å². The van der Waals surface area contributed by atoms with E-state index in [0.29, 0.717) is 25.0 Å². The third-order valence-electron chi connectivity index (χ3n) is 6.48. The molecule has 1 atom stereocenters. The number of nitrogens with zero attached hydrogens (tertiary/aromatic N) is 6. The van der Waals surface area contributed by atoms with Crippen molar-refractivity contribution in [2.75, 3.05) is 69.7 Å². The van der Waals surface area contributed by atoms with Crippen LogP contribution in [0, 0.1) is 5.92 Å². The van der Waals surface area contributed by atoms with E-state index in [4.69, 9.17) is 5.11 Å². The molecule has 0 radical (unpaired) electrons. The van der Waals surface area contributed by atoms with Gasteiger partial charge in [0.05, 0.1) is 12.1 Å². The fourth-order valence-corrected chi connectivity index (χ4v) is 4.60. The molecule has 2 aromatic heterocycles. The monoisotopic (exact) mass is 477 g/mol. The van der Waals surface area contributed by atoms with Crippen molar-refractivity contribution in [2.45, 2.75) is 13.3 Å². The summed E-state index contributed by atoms with van der Waals surface area (Å²) >= 11 is 0. The highest BCUT2D eigenvalue weighted by atomic mass is 16.3. The number of aliphatic hydroxyl groups excluding tert-OH is 1. The molecule has 4 rings (SSSR count). The van der Waals surface area contributed by atoms with Gasteiger partial charge in [0.25, 0.3) is 0 Å². The smallest absolute Gasteiger partial charge is 0.224 e. The number of para-hydroxylation sites is 1. The molecule has 0 saturated carbocycles. The molecule has 35 heavy (non-hydrogen) atoms. The lowest BCUT2D eigenvalue weighted by Gasteiger charge is -2.24. The van der Waals surface area contributed by atoms with Crippen LogP contribution in [0.5, 0.6) is 0 Å². The number of nitrogens with one attached hydrogen (secondary N) is 1. The highest BCUT2D eigenvalue weighted by Crippen LogP contribution is 2.19. The van der Waals surface area contributed by atoms with Gasteiger partial charge >= 0.3 is 0 Å². The van der Waals surface area contributed by atoms with Crippen molar-refractivity contribution in [3.05, 3.63) is 54.4 Å². The Bertz CT molecular complexity index is 1130. The van der Waals surface area contributed by atoms with E-state index in [2.05, 4.69) is 37.3 Å². The fourth-order valence-electron chi connectivity index (χ4n) is 4.60. The Morgan fingerprint density at radius 2 is 2.06 bits per heavy atom. The quantitative estimate of drug-likeness (QED) is 0.482. The summed E-state index contributed by atoms with van der Waals surface area (Å²) in [6.45, 7) is 7.04. The minimum absolute atomic E-state index is 0.0753. The molecule has 1 aliphatic heterocycles. The minimum atomic E-state index is 0.0753. The lowest BCUT2D eigenvalue weighted by molar-refractivity contribution is -0.129. The Morgan fingerprint density at radius 3 is 2.89 bits per heavy atom. The molecule has 9 heteroatoms. The van der Waals surface area contributed by atoms with E-state index in [0.717, 1.165) is 55.9 Å². The summed E-state index contributed by atoms with van der Waals surface area (Å²) < 4.78 is 0. The number of benzene rings is 1. The maximum atomic E-state index is 12.2. The van der Waals surface area contributed by atoms with Gasteiger partial charge in [-0.3, -0.25) is 14.7 Å². The number of hydrogen-bond donors (Lipinski definition) is 2. The molecule has 2 N–H and O–H groups in total. The SMILES string of the molecule is CC(=O)N1CCN(CCNc2nccc(N(C)CCO)n2)CC(Cc2cnc3ccccc3c2)C1. The molecule has 9 nitrogen and oxygen atoms in total. The van der Waals surface area contributed by atoms with Gasteiger partial charge in [-0.05, 0) is 36.1 Å². The first-order chi connectivity index (χ1) is 17.0. The van der Waals surface area contributed by atoms with E-state index < -0.39 is 0 Å². The number of aromatic nitrogens is 3. The molecule has 1 aliphatic rings. The second kappa shape index (κ2) is 11.9. The number of fused-ring (bicyclic) bond motifs is 1. The van der Waals surface area contributed by atoms with Crippen LogP contribution in [0.2, 0.25) is 0 Å². The third kappa shape index (κ3) is 6.86. The van der Waals surface area contributed by atoms with Crippen LogP contribution in [0.25, 0.3) is 10.9 Å². The molecule has 0 spiro atoms. The topological polar surface area (TPSA) is 97.7 Å². The lowest BCUT2D eigenvalue weighted by Crippen LogP contribution is -2.35. The van der Waals surface area contributed by atoms with Crippen LogP contribution in [0.4, 0.5) is 11.8 Å². The summed E-state index contributed by atoms with van der Waals surface area (Å²) in [5.74, 6) is 1.80. The minimum Gasteiger partial charge on any atom is -0.395 e. The fraction of sp³-hybridized carbons (Fsp3) is 0.462. The van der Waals surface area contributed by atoms with Crippen LogP contribution in [0.3, 0.4) is 0 Å². The van der Waals surface area contributed by atoms with Gasteiger partial charge in [0.1, 0.15) is 5.82 Å². The zero-order valence-electron chi connectivity index (χ0n) is 20.6. The number of likely N-dealkylation sites (N-methyl/N-ethyl adjacent to an activating group) is 1. The first-order valence-corrected chi connectivity index (χ1v) is 12.2. The Labute approximate surface area is 206 Å². The van der Waals surface area contributed by atoms with E-state index in [9.17, 15) is 4.79 Å². The molecule has 1 unspecified atom stereocenters. The summed E-state index contributed by atoms with van der Waals surface area (Å²) in [4.78, 5) is 32.0. The van der Waals surface area contributed by atoms with Crippen molar-refractivity contribution in [2.24, 2.45) is 5.92 Å². The summed E-state index contributed by atoms with van der Waals surface area (Å²) in [6.07, 6.45) is 4.58. The lowest BCUT2D eigenvalue weighted by atomic mass is 9.98. The van der Waals surface area contributed by atoms with Gasteiger partial charge in [-0.2, -0.15) is 4.98 Å². The first kappa shape index (κ1) is 24.8. The molecule has 3 heterocycles. The predicted octanol–water partition coefficient (Wildman–Crippen LogP) is 1.89. The molecule has 3 aromatic rings. The molecule has 0 aliphatic carbocycles. The van der Waals surface area contributed by atoms with Gasteiger partial charge in [0, 0.05) is 77.6 Å². The maximum absolute atomic E-state index is 12.2. The molecule has 1 fully saturated rings. The van der Waals surface area contributed by atoms with Gasteiger partial charge in [-0.25, -0.2) is 4.98 Å². The largest absolute Gasteiger partial charge is 0.395 e. The number of carbonyl (C=O) groups is 1. The highest BCUT2D eigenvalue weighted by Gasteiger charge is 2.24. The van der Waals surface area contributed by atoms with Gasteiger partial charge in [-0.15, -0.1) is 0 Å². The Kier molecular flexibility index (Phi) is 8.44. The van der Waals surface area contributed by atoms with Gasteiger partial charge in [0.15, 0.2) is 0 Å². The van der Waals surface area contributed by atoms with Gasteiger partial charge in [-0.1, -0.05) is 18.2 Å². The van der Waals surface area contributed by atoms with E-state index in [1.807, 2.05) is 47.3 Å². The van der Waals surface area contributed by atoms with Crippen LogP contribution in [0.1, 0.15) is 12.5 Å². The summed E-state index contributed by atoms with van der Waals surface area (Å²) in [6, 6.07) is 12.2. The van der Waals surface area contributed by atoms with Crippen molar-refractivity contribution >= 4 is 28.6 Å². The predicted molar refractivity (Wildman–Crippen MR) is 139 cm³/mol. The molecule has 1 amide bonds. The maximum Gasteiger partial charge on any atom is 0.224 e. The van der Waals surface area contributed by atoms with E-state index >= 15 is 0 Å². The van der Waals surface area contributed by atoms with E-state index in [1.165, 1.54) is 5.56 Å². The van der Waals surface area contributed by atoms with Crippen LogP contribution in [0.15, 0.2) is 48.8 Å². The zero-order valence-corrected chi connectivity index (χ0v) is 20.6. The molecular weight excluding hydrogens is 442 g/mol. The van der Waals surface area contributed by atoms with Crippen LogP contribution >= 0.6 is 0 Å². The van der Waals surface area contributed by atoms with Crippen molar-refractivity contribution in [3.63, 3.8) is 0 Å². The number of amides is 1. The summed E-state index contributed by atoms with van der Waals surface area (Å²) in [5, 5.41) is 13.6. The second-order valence-electron chi connectivity index (χ2n) is 9.18. The number of anilines is 2. The third-order valence-corrected chi connectivity index (χ3v) is 6.48. The van der Waals surface area contributed by atoms with Crippen molar-refractivity contribution < 1.29 is 9.90 Å². The first-order valence-electron chi connectivity index (χ1n) is 12.2. The average Bonchev–Trinajstić information content (AvgIpc) is 3.06. The van der Waals surface area contributed by atoms with Crippen molar-refractivity contribution in [3.8, 4) is 0 Å². The average molecular weight is 478 g/mol. The molecule has 0 bridgehead atoms.